The van der Waals surface area contributed by atoms with Crippen LogP contribution in [-0.2, 0) is 13.5 Å². The molecule has 0 saturated carbocycles. The molecule has 2 aromatic carbocycles. The van der Waals surface area contributed by atoms with Gasteiger partial charge in [-0.05, 0) is 30.2 Å². The highest BCUT2D eigenvalue weighted by molar-refractivity contribution is 6.30. The fourth-order valence-corrected chi connectivity index (χ4v) is 2.88. The lowest BCUT2D eigenvalue weighted by molar-refractivity contribution is 0.101. The first-order valence-electron chi connectivity index (χ1n) is 10.5. The van der Waals surface area contributed by atoms with E-state index in [1.54, 1.807) is 12.1 Å². The van der Waals surface area contributed by atoms with Crippen molar-refractivity contribution in [1.29, 1.82) is 5.26 Å². The van der Waals surface area contributed by atoms with Gasteiger partial charge in [-0.15, -0.1) is 0 Å². The minimum atomic E-state index is -0.719. The molecule has 2 aromatic heterocycles. The van der Waals surface area contributed by atoms with Crippen LogP contribution >= 0.6 is 11.6 Å². The number of halogens is 1. The molecular weight excluding hydrogens is 470 g/mol. The number of anilines is 1. The maximum atomic E-state index is 11.6. The largest absolute Gasteiger partial charge is 0.501 e. The van der Waals surface area contributed by atoms with E-state index in [0.717, 1.165) is 34.9 Å². The first-order valence-corrected chi connectivity index (χ1v) is 10.9. The van der Waals surface area contributed by atoms with Crippen molar-refractivity contribution in [3.8, 4) is 11.8 Å². The lowest BCUT2D eigenvalue weighted by Gasteiger charge is -2.04. The molecule has 180 valence electrons. The summed E-state index contributed by atoms with van der Waals surface area (Å²) in [7, 11) is 1.41. The summed E-state index contributed by atoms with van der Waals surface area (Å²) in [5.74, 6) is -1.42. The molecule has 0 spiro atoms. The molecule has 0 aliphatic rings. The zero-order valence-electron chi connectivity index (χ0n) is 19.2. The molecule has 9 nitrogen and oxygen atoms in total. The molecule has 4 aromatic rings. The summed E-state index contributed by atoms with van der Waals surface area (Å²) in [4.78, 5) is 26.7. The lowest BCUT2D eigenvalue weighted by Crippen LogP contribution is -2.22. The molecule has 0 aliphatic carbocycles. The first-order chi connectivity index (χ1) is 16.9. The third-order valence-corrected chi connectivity index (χ3v) is 4.62. The molecule has 0 bridgehead atoms. The third-order valence-electron chi connectivity index (χ3n) is 4.39. The van der Waals surface area contributed by atoms with Gasteiger partial charge in [0.15, 0.2) is 5.69 Å². The molecule has 0 aliphatic heterocycles. The highest BCUT2D eigenvalue weighted by atomic mass is 35.5. The normalized spacial score (nSPS) is 9.54. The Morgan fingerprint density at radius 2 is 1.89 bits per heavy atom. The summed E-state index contributed by atoms with van der Waals surface area (Å²) >= 11 is 5.80. The standard InChI is InChI=1S/C10H10ClN.C9H8N4O4.C6H6/c1-2-3-8-6-10(11)5-4-9(8)7-12;1-13-4-10-6(7(14)9(13)16)8(15)12-5-2-11-17-3-5;1-2-4-6-5-3-1/h4-6H,2-3H2,1H3;2-4,14H,1H3,(H,12,15);1-6H. The molecule has 4 rings (SSSR count). The number of nitrogens with one attached hydrogen (secondary N) is 1. The number of hydrogen-bond acceptors (Lipinski definition) is 7. The number of amides is 1. The summed E-state index contributed by atoms with van der Waals surface area (Å²) in [5.41, 5.74) is 1.04. The second-order valence-electron chi connectivity index (χ2n) is 7.04. The van der Waals surface area contributed by atoms with Crippen molar-refractivity contribution in [3.63, 3.8) is 0 Å². The number of nitrogens with zero attached hydrogens (tertiary/aromatic N) is 4. The maximum Gasteiger partial charge on any atom is 0.296 e. The van der Waals surface area contributed by atoms with E-state index in [0.29, 0.717) is 10.7 Å². The molecule has 0 unspecified atom stereocenters. The molecule has 0 saturated heterocycles. The van der Waals surface area contributed by atoms with E-state index in [2.05, 4.69) is 33.0 Å². The Labute approximate surface area is 207 Å². The van der Waals surface area contributed by atoms with Crippen molar-refractivity contribution in [1.82, 2.24) is 14.7 Å². The van der Waals surface area contributed by atoms with Crippen LogP contribution < -0.4 is 10.9 Å². The van der Waals surface area contributed by atoms with Crippen molar-refractivity contribution in [2.45, 2.75) is 19.8 Å². The SMILES string of the molecule is CCCc1cc(Cl)ccc1C#N.Cn1cnc(C(=O)Nc2cnoc2)c(O)c1=O.c1ccccc1. The Bertz CT molecular complexity index is 1290. The Kier molecular flexibility index (Phi) is 10.7. The highest BCUT2D eigenvalue weighted by Gasteiger charge is 2.17. The van der Waals surface area contributed by atoms with Gasteiger partial charge in [-0.3, -0.25) is 14.2 Å². The first kappa shape index (κ1) is 26.8. The van der Waals surface area contributed by atoms with Crippen molar-refractivity contribution >= 4 is 23.2 Å². The number of nitriles is 1. The monoisotopic (exact) mass is 493 g/mol. The average molecular weight is 494 g/mol. The Balaban J connectivity index is 0.000000207. The summed E-state index contributed by atoms with van der Waals surface area (Å²) in [6.07, 6.45) is 5.58. The van der Waals surface area contributed by atoms with Crippen LogP contribution in [0.1, 0.15) is 35.0 Å². The molecule has 2 N–H and O–H groups in total. The fraction of sp³-hybridized carbons (Fsp3) is 0.160. The zero-order chi connectivity index (χ0) is 25.6. The Hall–Kier alpha value is -4.42. The van der Waals surface area contributed by atoms with Crippen LogP contribution in [0, 0.1) is 11.3 Å². The van der Waals surface area contributed by atoms with Gasteiger partial charge in [-0.25, -0.2) is 4.98 Å². The van der Waals surface area contributed by atoms with Gasteiger partial charge >= 0.3 is 0 Å². The number of carbonyl (C=O) groups excluding carboxylic acids is 1. The molecule has 0 fully saturated rings. The number of benzene rings is 2. The topological polar surface area (TPSA) is 134 Å². The smallest absolute Gasteiger partial charge is 0.296 e. The number of aryl methyl sites for hydroxylation is 2. The second-order valence-corrected chi connectivity index (χ2v) is 7.48. The minimum Gasteiger partial charge on any atom is -0.501 e. The molecule has 35 heavy (non-hydrogen) atoms. The van der Waals surface area contributed by atoms with E-state index in [1.165, 1.54) is 19.5 Å². The predicted molar refractivity (Wildman–Crippen MR) is 132 cm³/mol. The second kappa shape index (κ2) is 14.0. The van der Waals surface area contributed by atoms with Crippen LogP contribution in [0.3, 0.4) is 0 Å². The summed E-state index contributed by atoms with van der Waals surface area (Å²) < 4.78 is 5.57. The minimum absolute atomic E-state index is 0.303. The van der Waals surface area contributed by atoms with E-state index >= 15 is 0 Å². The molecule has 1 amide bonds. The van der Waals surface area contributed by atoms with Gasteiger partial charge in [0.1, 0.15) is 12.0 Å². The predicted octanol–water partition coefficient (Wildman–Crippen LogP) is 4.58. The van der Waals surface area contributed by atoms with Gasteiger partial charge in [0, 0.05) is 12.1 Å². The van der Waals surface area contributed by atoms with E-state index in [-0.39, 0.29) is 5.69 Å². The Morgan fingerprint density at radius 3 is 2.43 bits per heavy atom. The average Bonchev–Trinajstić information content (AvgIpc) is 3.38. The van der Waals surface area contributed by atoms with Crippen LogP contribution in [0.4, 0.5) is 5.69 Å². The maximum absolute atomic E-state index is 11.6. The third kappa shape index (κ3) is 8.46. The molecule has 0 atom stereocenters. The fourth-order valence-electron chi connectivity index (χ4n) is 2.68. The van der Waals surface area contributed by atoms with Gasteiger partial charge in [0.2, 0.25) is 5.75 Å². The van der Waals surface area contributed by atoms with Gasteiger partial charge in [0.25, 0.3) is 11.5 Å². The summed E-state index contributed by atoms with van der Waals surface area (Å²) in [5, 5.41) is 24.7. The van der Waals surface area contributed by atoms with Gasteiger partial charge < -0.3 is 14.9 Å². The van der Waals surface area contributed by atoms with Crippen LogP contribution in [0.2, 0.25) is 5.02 Å². The van der Waals surface area contributed by atoms with Crippen molar-refractivity contribution in [3.05, 3.63) is 106 Å². The summed E-state index contributed by atoms with van der Waals surface area (Å²) in [6.45, 7) is 2.09. The van der Waals surface area contributed by atoms with Crippen molar-refractivity contribution in [2.75, 3.05) is 5.32 Å². The number of aromatic hydroxyl groups is 1. The Morgan fingerprint density at radius 1 is 1.23 bits per heavy atom. The quantitative estimate of drug-likeness (QED) is 0.425. The molecular formula is C25H24ClN5O4. The van der Waals surface area contributed by atoms with Crippen molar-refractivity contribution in [2.24, 2.45) is 7.05 Å². The van der Waals surface area contributed by atoms with Gasteiger partial charge in [0.05, 0.1) is 24.2 Å². The van der Waals surface area contributed by atoms with E-state index in [1.807, 2.05) is 42.5 Å². The van der Waals surface area contributed by atoms with Crippen LogP contribution in [0.15, 0.2) is 82.7 Å². The van der Waals surface area contributed by atoms with Crippen LogP contribution in [0.5, 0.6) is 5.75 Å². The molecule has 10 heteroatoms. The zero-order valence-corrected chi connectivity index (χ0v) is 19.9. The highest BCUT2D eigenvalue weighted by Crippen LogP contribution is 2.16. The van der Waals surface area contributed by atoms with E-state index in [4.69, 9.17) is 16.9 Å². The number of aromatic nitrogens is 3. The van der Waals surface area contributed by atoms with Crippen molar-refractivity contribution < 1.29 is 14.4 Å². The van der Waals surface area contributed by atoms with Crippen LogP contribution in [-0.4, -0.2) is 25.7 Å². The van der Waals surface area contributed by atoms with Gasteiger partial charge in [-0.1, -0.05) is 66.5 Å². The number of carbonyl (C=O) groups is 1. The summed E-state index contributed by atoms with van der Waals surface area (Å²) in [6, 6.07) is 19.5. The lowest BCUT2D eigenvalue weighted by atomic mass is 10.0. The van der Waals surface area contributed by atoms with E-state index < -0.39 is 17.2 Å². The molecule has 0 radical (unpaired) electrons. The van der Waals surface area contributed by atoms with E-state index in [9.17, 15) is 14.7 Å². The molecule has 2 heterocycles. The number of rotatable bonds is 4. The van der Waals surface area contributed by atoms with Crippen LogP contribution in [0.25, 0.3) is 0 Å². The number of hydrogen-bond donors (Lipinski definition) is 2. The van der Waals surface area contributed by atoms with Gasteiger partial charge in [-0.2, -0.15) is 5.26 Å².